The third-order valence-electron chi connectivity index (χ3n) is 25.5. The third-order valence-corrected chi connectivity index (χ3v) is 25.5. The van der Waals surface area contributed by atoms with Gasteiger partial charge in [0.1, 0.15) is 39.6 Å². The van der Waals surface area contributed by atoms with Gasteiger partial charge >= 0.3 is 11.9 Å². The summed E-state index contributed by atoms with van der Waals surface area (Å²) in [5.41, 5.74) is 3.87. The Kier molecular flexibility index (Phi) is 25.5. The van der Waals surface area contributed by atoms with Crippen LogP contribution < -0.4 is 41.3 Å². The van der Waals surface area contributed by atoms with Crippen LogP contribution in [-0.2, 0) is 57.5 Å². The van der Waals surface area contributed by atoms with Crippen LogP contribution in [0.5, 0.6) is 0 Å². The summed E-state index contributed by atoms with van der Waals surface area (Å²) in [6.07, 6.45) is 18.3. The molecule has 10 heterocycles. The number of carbonyl (C=O) groups is 12. The van der Waals surface area contributed by atoms with Crippen LogP contribution in [0, 0.1) is 64.8 Å². The van der Waals surface area contributed by atoms with E-state index in [0.29, 0.717) is 58.2 Å². The lowest BCUT2D eigenvalue weighted by molar-refractivity contribution is -0.143. The Balaban J connectivity index is 0.000000134. The number of ketones is 4. The molecule has 0 bridgehead atoms. The summed E-state index contributed by atoms with van der Waals surface area (Å²) in [4.78, 5) is 154. The van der Waals surface area contributed by atoms with Crippen molar-refractivity contribution in [3.8, 4) is 33.4 Å². The van der Waals surface area contributed by atoms with E-state index in [1.807, 2.05) is 55.7 Å². The van der Waals surface area contributed by atoms with E-state index in [9.17, 15) is 70.7 Å². The molecular weight excluding hydrogens is 1540 g/mol. The van der Waals surface area contributed by atoms with Gasteiger partial charge in [0.05, 0.1) is 56.1 Å². The van der Waals surface area contributed by atoms with Gasteiger partial charge in [0.25, 0.3) is 0 Å². The van der Waals surface area contributed by atoms with Crippen LogP contribution in [0.15, 0.2) is 91.8 Å². The Morgan fingerprint density at radius 3 is 0.924 bits per heavy atom. The molecule has 7 saturated heterocycles. The number of halogens is 3. The lowest BCUT2D eigenvalue weighted by Crippen LogP contribution is -2.56. The molecule has 33 heteroatoms. The summed E-state index contributed by atoms with van der Waals surface area (Å²) in [5, 5.41) is 52.5. The second-order valence-electron chi connectivity index (χ2n) is 34.6. The Bertz CT molecular complexity index is 4580. The maximum Gasteiger partial charge on any atom is 0.306 e. The van der Waals surface area contributed by atoms with Crippen molar-refractivity contribution in [3.63, 3.8) is 0 Å². The van der Waals surface area contributed by atoms with Crippen molar-refractivity contribution in [2.45, 2.75) is 191 Å². The van der Waals surface area contributed by atoms with Crippen molar-refractivity contribution in [2.75, 3.05) is 73.6 Å². The fourth-order valence-corrected chi connectivity index (χ4v) is 18.8. The van der Waals surface area contributed by atoms with E-state index >= 15 is 0 Å². The number of aromatic amines is 3. The summed E-state index contributed by atoms with van der Waals surface area (Å²) in [6.45, 7) is 19.0. The Labute approximate surface area is 687 Å². The molecule has 6 aromatic rings. The quantitative estimate of drug-likeness (QED) is 0.0291. The van der Waals surface area contributed by atoms with Crippen LogP contribution in [-0.4, -0.2) is 220 Å². The number of nitrogens with zero attached hydrogens (tertiary/aromatic N) is 8. The van der Waals surface area contributed by atoms with E-state index in [2.05, 4.69) is 78.8 Å². The first-order chi connectivity index (χ1) is 56.7. The van der Waals surface area contributed by atoms with Crippen LogP contribution in [0.1, 0.15) is 151 Å². The van der Waals surface area contributed by atoms with Gasteiger partial charge in [-0.05, 0) is 193 Å². The number of benzene rings is 3. The zero-order chi connectivity index (χ0) is 85.2. The number of hydrogen-bond donors (Lipinski definition) is 10. The molecule has 11 fully saturated rings. The van der Waals surface area contributed by atoms with Crippen LogP contribution in [0.4, 0.5) is 30.2 Å². The van der Waals surface area contributed by atoms with Crippen LogP contribution in [0.25, 0.3) is 33.4 Å². The summed E-state index contributed by atoms with van der Waals surface area (Å²) >= 11 is 0. The molecule has 6 amide bonds. The van der Waals surface area contributed by atoms with Gasteiger partial charge < -0.3 is 61.3 Å². The number of carboxylic acids is 2. The molecule has 0 spiro atoms. The molecule has 4 aliphatic carbocycles. The number of carboxylic acid groups (broad SMARTS) is 2. The van der Waals surface area contributed by atoms with Crippen LogP contribution >= 0.6 is 0 Å². The molecular formula is C86H107F3N16O14. The summed E-state index contributed by atoms with van der Waals surface area (Å²) < 4.78 is 42.6. The van der Waals surface area contributed by atoms with Gasteiger partial charge in [-0.15, -0.1) is 0 Å². The maximum atomic E-state index is 14.4. The zero-order valence-electron chi connectivity index (χ0n) is 68.2. The highest BCUT2D eigenvalue weighted by Crippen LogP contribution is 2.50. The van der Waals surface area contributed by atoms with Gasteiger partial charge in [-0.3, -0.25) is 72.8 Å². The second kappa shape index (κ2) is 35.4. The Morgan fingerprint density at radius 1 is 0.403 bits per heavy atom. The number of anilines is 3. The van der Waals surface area contributed by atoms with Gasteiger partial charge in [0.2, 0.25) is 35.4 Å². The number of aromatic nitrogens is 6. The number of Topliss-reactive ketones (excluding diaryl/α,β-unsaturated/α-hetero) is 4. The molecule has 11 aliphatic rings. The van der Waals surface area contributed by atoms with Crippen molar-refractivity contribution in [1.29, 1.82) is 0 Å². The number of hydrogen-bond acceptors (Lipinski definition) is 19. The zero-order valence-corrected chi connectivity index (χ0v) is 68.2. The molecule has 636 valence electrons. The standard InChI is InChI=1S/2C25H30FN5O3.C14H17FN4.2C11H15NO4/c2*1-15(11-25(19-3-4-19)22(32)10-23(33)29-25)24(34)30-5-6-31(16(2)14-30)21-8-17(7-20(26)9-21)18-12-27-28-13-18;1-10-7-16-2-3-19(10)14-5-11(4-13(15)6-14)12-8-17-18-9-12;2*1-6(10(15)16)5-11(7-2-3-7)8(13)4-9(14)12-11/h2*7-9,12-13,15-16,19H,3-6,10-11,14H2,1-2H3,(H,27,28)(H,29,33);4-6,8-10,16H,2-3,7H2,1H3,(H,17,18);2*6-7H,2-5H2,1H3,(H,12,14)(H,15,16)/t15-,16+,25-;15-,16-,25-;10-;2*6-,11-/m10010/s1. The largest absolute Gasteiger partial charge is 0.481 e. The lowest BCUT2D eigenvalue weighted by Gasteiger charge is -2.42. The molecule has 30 nitrogen and oxygen atoms in total. The van der Waals surface area contributed by atoms with Crippen molar-refractivity contribution in [3.05, 3.63) is 109 Å². The number of carbonyl (C=O) groups excluding carboxylic acids is 10. The highest BCUT2D eigenvalue weighted by Gasteiger charge is 2.60. The molecule has 10 N–H and O–H groups in total. The molecule has 17 rings (SSSR count). The predicted octanol–water partition coefficient (Wildman–Crippen LogP) is 7.72. The molecule has 0 unspecified atom stereocenters. The highest BCUT2D eigenvalue weighted by molar-refractivity contribution is 6.13. The van der Waals surface area contributed by atoms with E-state index in [1.54, 1.807) is 63.2 Å². The summed E-state index contributed by atoms with van der Waals surface area (Å²) in [6, 6.07) is 15.4. The smallest absolute Gasteiger partial charge is 0.306 e. The van der Waals surface area contributed by atoms with Crippen molar-refractivity contribution in [2.24, 2.45) is 47.3 Å². The first-order valence-electron chi connectivity index (χ1n) is 41.5. The van der Waals surface area contributed by atoms with Crippen LogP contribution in [0.3, 0.4) is 0 Å². The maximum absolute atomic E-state index is 14.4. The lowest BCUT2D eigenvalue weighted by atomic mass is 9.81. The minimum atomic E-state index is -0.922. The monoisotopic (exact) mass is 1640 g/mol. The van der Waals surface area contributed by atoms with Crippen molar-refractivity contribution < 1.29 is 80.9 Å². The first-order valence-corrected chi connectivity index (χ1v) is 41.5. The van der Waals surface area contributed by atoms with E-state index in [1.165, 1.54) is 24.3 Å². The molecule has 7 aliphatic heterocycles. The molecule has 0 radical (unpaired) electrons. The van der Waals surface area contributed by atoms with E-state index in [-0.39, 0.29) is 162 Å². The predicted molar refractivity (Wildman–Crippen MR) is 432 cm³/mol. The Morgan fingerprint density at radius 2 is 0.689 bits per heavy atom. The molecule has 4 saturated carbocycles. The van der Waals surface area contributed by atoms with Gasteiger partial charge in [-0.2, -0.15) is 15.3 Å². The molecule has 119 heavy (non-hydrogen) atoms. The normalized spacial score (nSPS) is 26.4. The van der Waals surface area contributed by atoms with Gasteiger partial charge in [0.15, 0.2) is 23.1 Å². The van der Waals surface area contributed by atoms with E-state index in [4.69, 9.17) is 10.2 Å². The van der Waals surface area contributed by atoms with Crippen LogP contribution in [0.2, 0.25) is 0 Å². The fourth-order valence-electron chi connectivity index (χ4n) is 18.8. The number of aliphatic carboxylic acids is 2. The van der Waals surface area contributed by atoms with E-state index < -0.39 is 45.9 Å². The summed E-state index contributed by atoms with van der Waals surface area (Å²) in [5.74, 6) is -5.47. The summed E-state index contributed by atoms with van der Waals surface area (Å²) in [7, 11) is 0. The first kappa shape index (κ1) is 85.8. The minimum absolute atomic E-state index is 0.00111. The number of amides is 6. The number of rotatable bonds is 22. The molecule has 3 aromatic carbocycles. The Hall–Kier alpha value is -11.1. The topological polar surface area (TPSA) is 408 Å². The number of piperazine rings is 3. The van der Waals surface area contributed by atoms with Gasteiger partial charge in [-0.25, -0.2) is 13.2 Å². The highest BCUT2D eigenvalue weighted by atomic mass is 19.1. The third kappa shape index (κ3) is 19.3. The van der Waals surface area contributed by atoms with E-state index in [0.717, 1.165) is 121 Å². The average Bonchev–Trinajstić information content (AvgIpc) is 1.62. The minimum Gasteiger partial charge on any atom is -0.481 e. The van der Waals surface area contributed by atoms with Gasteiger partial charge in [0, 0.05) is 141 Å². The molecule has 3 aromatic heterocycles. The SMILES string of the molecule is C[C@@H](C[C@@]1(C2CC2)NC(=O)CC1=O)C(=O)N1CCN(c2cc(F)cc(-c3cn[nH]c3)c2)[C@@H](C)C1.C[C@@H](C[C@@]1(C2CC2)NC(=O)CC1=O)C(=O)O.C[C@H](C[C@]1(C2CC2)NC(=O)CC1=O)C(=O)N1CCN(c2cc(F)cc(-c3cn[nH]c3)c2)[C@@H](C)C1.C[C@H](C[C@]1(C2CC2)NC(=O)CC1=O)C(=O)O.C[C@H]1CNCCN1c1cc(F)cc(-c2cn[nH]c2)c1. The van der Waals surface area contributed by atoms with Crippen molar-refractivity contribution >= 4 is 87.6 Å². The van der Waals surface area contributed by atoms with Gasteiger partial charge in [-0.1, -0.05) is 27.7 Å². The second-order valence-corrected chi connectivity index (χ2v) is 34.6. The average molecular weight is 1650 g/mol. The number of nitrogens with one attached hydrogen (secondary N) is 8. The molecule has 11 atom stereocenters. The van der Waals surface area contributed by atoms with Crippen molar-refractivity contribution in [1.82, 2.24) is 67.0 Å². The fraction of sp³-hybridized carbons (Fsp3) is 0.547. The number of H-pyrrole nitrogens is 3.